The molecule has 3 N–H and O–H groups in total. The standard InChI is InChI=1S/C34H30ClF3N4O4/c1-33(32(39)44)15-46-30-22(33)12-24(42-29(30)20-5-6-23(35)27(37)26(20)36)21(16-3-4-16)14-40-31(43)18-9-17-10-19(13-34(38)7-8-34)41-28(17)25(11-18)45-2/h5-6,9-13,16,21H,3-4,7-8,14-15H2,1-2H3,(H2,39,44)(H,40,43)/t21?,33-/m0/s1. The molecular formula is C34H30ClF3N4O4. The highest BCUT2D eigenvalue weighted by atomic mass is 35.5. The Morgan fingerprint density at radius 2 is 1.98 bits per heavy atom. The van der Waals surface area contributed by atoms with E-state index in [-0.39, 0.29) is 52.9 Å². The maximum absolute atomic E-state index is 15.2. The molecule has 2 saturated carbocycles. The summed E-state index contributed by atoms with van der Waals surface area (Å²) in [4.78, 5) is 35.3. The summed E-state index contributed by atoms with van der Waals surface area (Å²) in [6.45, 7) is 1.71. The number of carbonyl (C=O) groups is 2. The highest BCUT2D eigenvalue weighted by Gasteiger charge is 2.45. The third-order valence-electron chi connectivity index (χ3n) is 9.25. The number of halogens is 4. The number of amides is 2. The van der Waals surface area contributed by atoms with E-state index < -0.39 is 28.6 Å². The predicted octanol–water partition coefficient (Wildman–Crippen LogP) is 4.55. The minimum Gasteiger partial charge on any atom is -0.494 e. The van der Waals surface area contributed by atoms with Gasteiger partial charge in [-0.1, -0.05) is 11.6 Å². The summed E-state index contributed by atoms with van der Waals surface area (Å²) >= 11 is 5.81. The Balaban J connectivity index is 1.23. The summed E-state index contributed by atoms with van der Waals surface area (Å²) in [5.41, 5.74) is 4.78. The minimum absolute atomic E-state index is 0.0234. The molecule has 0 bridgehead atoms. The van der Waals surface area contributed by atoms with Gasteiger partial charge in [0.25, 0.3) is 5.91 Å². The van der Waals surface area contributed by atoms with E-state index in [9.17, 15) is 18.4 Å². The van der Waals surface area contributed by atoms with Gasteiger partial charge in [0.15, 0.2) is 11.6 Å². The maximum atomic E-state index is 15.2. The van der Waals surface area contributed by atoms with E-state index in [2.05, 4.69) is 10.3 Å². The molecule has 12 heteroatoms. The lowest BCUT2D eigenvalue weighted by Crippen LogP contribution is -2.40. The van der Waals surface area contributed by atoms with E-state index in [1.807, 2.05) is 0 Å². The summed E-state index contributed by atoms with van der Waals surface area (Å²) in [6, 6.07) is 7.53. The predicted molar refractivity (Wildman–Crippen MR) is 164 cm³/mol. The second kappa shape index (κ2) is 10.9. The molecule has 1 unspecified atom stereocenters. The zero-order valence-electron chi connectivity index (χ0n) is 25.1. The van der Waals surface area contributed by atoms with E-state index in [1.54, 1.807) is 31.2 Å². The Morgan fingerprint density at radius 1 is 1.22 bits per heavy atom. The third-order valence-corrected chi connectivity index (χ3v) is 9.54. The summed E-state index contributed by atoms with van der Waals surface area (Å²) < 4.78 is 55.5. The van der Waals surface area contributed by atoms with Gasteiger partial charge in [-0.05, 0) is 81.0 Å². The molecule has 46 heavy (non-hydrogen) atoms. The number of rotatable bonds is 9. The van der Waals surface area contributed by atoms with Crippen LogP contribution in [0.15, 0.2) is 47.1 Å². The van der Waals surface area contributed by atoms with Crippen LogP contribution in [0.1, 0.15) is 60.1 Å². The fourth-order valence-electron chi connectivity index (χ4n) is 6.07. The summed E-state index contributed by atoms with van der Waals surface area (Å²) in [5, 5.41) is 3.79. The van der Waals surface area contributed by atoms with Crippen molar-refractivity contribution in [2.24, 2.45) is 16.6 Å². The number of benzene rings is 2. The highest BCUT2D eigenvalue weighted by Crippen LogP contribution is 2.49. The molecule has 2 amide bonds. The number of fused-ring (bicyclic) bond motifs is 2. The topological polar surface area (TPSA) is 116 Å². The lowest BCUT2D eigenvalue weighted by molar-refractivity contribution is -0.123. The number of nitrogens with zero attached hydrogens (tertiary/aromatic N) is 2. The first-order valence-electron chi connectivity index (χ1n) is 15.0. The second-order valence-corrected chi connectivity index (χ2v) is 13.0. The van der Waals surface area contributed by atoms with Crippen molar-refractivity contribution in [1.82, 2.24) is 10.3 Å². The molecule has 2 atom stereocenters. The monoisotopic (exact) mass is 650 g/mol. The molecule has 1 aromatic heterocycles. The molecule has 2 aliphatic heterocycles. The summed E-state index contributed by atoms with van der Waals surface area (Å²) in [7, 11) is 1.48. The number of alkyl halides is 1. The number of ether oxygens (including phenoxy) is 2. The van der Waals surface area contributed by atoms with Crippen molar-refractivity contribution in [2.45, 2.75) is 49.6 Å². The quantitative estimate of drug-likeness (QED) is 0.330. The van der Waals surface area contributed by atoms with Crippen molar-refractivity contribution in [3.05, 3.63) is 86.2 Å². The first kappa shape index (κ1) is 30.3. The smallest absolute Gasteiger partial charge is 0.251 e. The molecule has 3 heterocycles. The van der Waals surface area contributed by atoms with E-state index in [1.165, 1.54) is 25.3 Å². The fourth-order valence-corrected chi connectivity index (χ4v) is 6.22. The summed E-state index contributed by atoms with van der Waals surface area (Å²) in [6.07, 6.45) is 5.90. The Morgan fingerprint density at radius 3 is 2.65 bits per heavy atom. The Hall–Kier alpha value is -4.38. The number of primary amides is 1. The van der Waals surface area contributed by atoms with Crippen molar-refractivity contribution < 1.29 is 32.2 Å². The first-order valence-corrected chi connectivity index (χ1v) is 15.4. The number of carbonyl (C=O) groups excluding carboxylic acids is 2. The Bertz CT molecular complexity index is 1990. The van der Waals surface area contributed by atoms with Crippen LogP contribution in [-0.4, -0.2) is 42.7 Å². The molecule has 8 nitrogen and oxygen atoms in total. The SMILES string of the molecule is COc1cc(C(=O)NCC(c2cc3c(c(-c4ccc(Cl)c(F)c4F)n2)OC[C@]3(C)C(N)=O)C2CC2)cc2c1=NC(=CC1(F)CC1)C=2. The number of hydrogen-bond donors (Lipinski definition) is 2. The van der Waals surface area contributed by atoms with Gasteiger partial charge in [-0.2, -0.15) is 0 Å². The van der Waals surface area contributed by atoms with Gasteiger partial charge in [0, 0.05) is 40.1 Å². The molecule has 7 rings (SSSR count). The lowest BCUT2D eigenvalue weighted by Gasteiger charge is -2.22. The fraction of sp³-hybridized carbons (Fsp3) is 0.353. The largest absolute Gasteiger partial charge is 0.494 e. The molecule has 238 valence electrons. The van der Waals surface area contributed by atoms with Crippen LogP contribution in [-0.2, 0) is 10.2 Å². The van der Waals surface area contributed by atoms with Gasteiger partial charge in [0.2, 0.25) is 5.91 Å². The van der Waals surface area contributed by atoms with Crippen molar-refractivity contribution in [2.75, 3.05) is 20.3 Å². The van der Waals surface area contributed by atoms with Crippen LogP contribution in [0.3, 0.4) is 0 Å². The van der Waals surface area contributed by atoms with Gasteiger partial charge in [0.1, 0.15) is 40.2 Å². The normalized spacial score (nSPS) is 21.8. The molecule has 2 fully saturated rings. The van der Waals surface area contributed by atoms with Crippen molar-refractivity contribution in [1.29, 1.82) is 0 Å². The lowest BCUT2D eigenvalue weighted by atomic mass is 9.82. The zero-order valence-corrected chi connectivity index (χ0v) is 25.8. The van der Waals surface area contributed by atoms with E-state index >= 15 is 4.39 Å². The van der Waals surface area contributed by atoms with Crippen molar-refractivity contribution in [3.8, 4) is 22.8 Å². The first-order chi connectivity index (χ1) is 21.9. The van der Waals surface area contributed by atoms with Gasteiger partial charge in [0.05, 0.1) is 17.8 Å². The van der Waals surface area contributed by atoms with Gasteiger partial charge in [-0.3, -0.25) is 9.59 Å². The average Bonchev–Trinajstić information content (AvgIpc) is 3.93. The van der Waals surface area contributed by atoms with Crippen LogP contribution < -0.4 is 31.1 Å². The molecule has 2 aliphatic carbocycles. The van der Waals surface area contributed by atoms with Gasteiger partial charge in [-0.25, -0.2) is 23.1 Å². The van der Waals surface area contributed by atoms with Crippen molar-refractivity contribution >= 4 is 29.5 Å². The maximum Gasteiger partial charge on any atom is 0.251 e. The molecule has 0 radical (unpaired) electrons. The van der Waals surface area contributed by atoms with Crippen LogP contribution in [0.5, 0.6) is 11.5 Å². The molecule has 2 aromatic carbocycles. The van der Waals surface area contributed by atoms with Gasteiger partial charge in [-0.15, -0.1) is 0 Å². The van der Waals surface area contributed by atoms with Crippen LogP contribution >= 0.6 is 11.6 Å². The van der Waals surface area contributed by atoms with E-state index in [0.717, 1.165) is 12.8 Å². The number of nitrogens with one attached hydrogen (secondary N) is 1. The number of methoxy groups -OCH3 is 1. The average molecular weight is 651 g/mol. The van der Waals surface area contributed by atoms with Crippen LogP contribution in [0.25, 0.3) is 17.3 Å². The molecule has 0 saturated heterocycles. The third kappa shape index (κ3) is 5.20. The minimum atomic E-state index is -1.33. The number of hydrogen-bond acceptors (Lipinski definition) is 6. The second-order valence-electron chi connectivity index (χ2n) is 12.6. The van der Waals surface area contributed by atoms with Crippen molar-refractivity contribution in [3.63, 3.8) is 0 Å². The number of nitrogens with two attached hydrogens (primary N) is 1. The zero-order chi connectivity index (χ0) is 32.5. The van der Waals surface area contributed by atoms with Gasteiger partial charge >= 0.3 is 0 Å². The Labute approximate surface area is 267 Å². The van der Waals surface area contributed by atoms with Crippen LogP contribution in [0, 0.1) is 17.6 Å². The van der Waals surface area contributed by atoms with Gasteiger partial charge < -0.3 is 20.5 Å². The molecule has 4 aliphatic rings. The van der Waals surface area contributed by atoms with Crippen LogP contribution in [0.4, 0.5) is 13.2 Å². The number of aromatic nitrogens is 1. The summed E-state index contributed by atoms with van der Waals surface area (Å²) in [5.74, 6) is -3.08. The van der Waals surface area contributed by atoms with Crippen LogP contribution in [0.2, 0.25) is 5.02 Å². The number of allylic oxidation sites excluding steroid dienone is 2. The van der Waals surface area contributed by atoms with E-state index in [0.29, 0.717) is 51.7 Å². The molecule has 3 aromatic rings. The van der Waals surface area contributed by atoms with E-state index in [4.69, 9.17) is 31.8 Å². The molecular weight excluding hydrogens is 621 g/mol. The number of pyridine rings is 1. The highest BCUT2D eigenvalue weighted by molar-refractivity contribution is 6.30. The Kier molecular flexibility index (Phi) is 7.15. The molecule has 0 spiro atoms.